The van der Waals surface area contributed by atoms with E-state index in [1.54, 1.807) is 0 Å². The number of aliphatic carboxylic acids is 2. The Hall–Kier alpha value is -5.64. The Morgan fingerprint density at radius 3 is 1.85 bits per heavy atom. The number of carboxylic acids is 2. The van der Waals surface area contributed by atoms with Gasteiger partial charge < -0.3 is 29.7 Å². The van der Waals surface area contributed by atoms with Gasteiger partial charge >= 0.3 is 18.0 Å². The highest BCUT2D eigenvalue weighted by atomic mass is 16.5. The monoisotopic (exact) mass is 620 g/mol. The molecule has 1 aliphatic heterocycles. The normalized spacial score (nSPS) is 13.1. The van der Waals surface area contributed by atoms with Gasteiger partial charge in [-0.05, 0) is 54.2 Å². The summed E-state index contributed by atoms with van der Waals surface area (Å²) in [6, 6.07) is 38.3. The lowest BCUT2D eigenvalue weighted by Gasteiger charge is -2.34. The van der Waals surface area contributed by atoms with Gasteiger partial charge in [-0.2, -0.15) is 0 Å². The smallest absolute Gasteiger partial charge is 0.414 e. The molecule has 236 valence electrons. The number of benzene rings is 4. The third-order valence-corrected chi connectivity index (χ3v) is 7.90. The maximum Gasteiger partial charge on any atom is 0.414 e. The van der Waals surface area contributed by atoms with Crippen molar-refractivity contribution in [2.45, 2.75) is 32.0 Å². The third kappa shape index (κ3) is 8.29. The van der Waals surface area contributed by atoms with Crippen LogP contribution in [0.15, 0.2) is 115 Å². The van der Waals surface area contributed by atoms with Crippen LogP contribution in [0.2, 0.25) is 0 Å². The number of hydrogen-bond acceptors (Lipinski definition) is 5. The van der Waals surface area contributed by atoms with Crippen LogP contribution in [-0.4, -0.2) is 55.7 Å². The van der Waals surface area contributed by atoms with Crippen molar-refractivity contribution in [3.63, 3.8) is 0 Å². The molecule has 3 N–H and O–H groups in total. The van der Waals surface area contributed by atoms with Crippen molar-refractivity contribution in [3.8, 4) is 5.75 Å². The number of fused-ring (bicyclic) bond motifs is 1. The van der Waals surface area contributed by atoms with Gasteiger partial charge in [-0.3, -0.25) is 0 Å². The summed E-state index contributed by atoms with van der Waals surface area (Å²) in [5.74, 6) is -1.43. The van der Waals surface area contributed by atoms with E-state index in [0.29, 0.717) is 12.5 Å². The summed E-state index contributed by atoms with van der Waals surface area (Å²) in [4.78, 5) is 38.5. The van der Waals surface area contributed by atoms with Crippen molar-refractivity contribution in [2.24, 2.45) is 5.92 Å². The molecule has 4 aromatic carbocycles. The van der Waals surface area contributed by atoms with E-state index < -0.39 is 11.9 Å². The molecule has 1 saturated heterocycles. The van der Waals surface area contributed by atoms with Gasteiger partial charge in [0.2, 0.25) is 0 Å². The number of carboxylic acid groups (broad SMARTS) is 2. The molecule has 5 aromatic rings. The maximum absolute atomic E-state index is 13.4. The topological polar surface area (TPSA) is 134 Å². The van der Waals surface area contributed by atoms with E-state index in [4.69, 9.17) is 29.5 Å². The molecule has 0 atom stereocenters. The van der Waals surface area contributed by atoms with Gasteiger partial charge in [0, 0.05) is 19.6 Å². The summed E-state index contributed by atoms with van der Waals surface area (Å²) in [6.07, 6.45) is 1.89. The Balaban J connectivity index is 0.000000635. The number of likely N-dealkylation sites (tertiary alicyclic amines) is 1. The van der Waals surface area contributed by atoms with Crippen LogP contribution in [0.4, 0.5) is 4.79 Å². The lowest BCUT2D eigenvalue weighted by Crippen LogP contribution is -2.46. The minimum Gasteiger partial charge on any atom is -0.486 e. The molecular formula is C36H36N4O6. The van der Waals surface area contributed by atoms with Gasteiger partial charge in [0.25, 0.3) is 0 Å². The molecule has 0 saturated carbocycles. The molecule has 1 fully saturated rings. The molecule has 2 amide bonds. The molecule has 6 rings (SSSR count). The third-order valence-electron chi connectivity index (χ3n) is 7.90. The summed E-state index contributed by atoms with van der Waals surface area (Å²) < 4.78 is 8.37. The molecule has 10 nitrogen and oxygen atoms in total. The van der Waals surface area contributed by atoms with Gasteiger partial charge in [0.15, 0.2) is 0 Å². The number of ether oxygens (including phenoxy) is 1. The fourth-order valence-corrected chi connectivity index (χ4v) is 5.55. The van der Waals surface area contributed by atoms with Gasteiger partial charge in [-0.15, -0.1) is 0 Å². The summed E-state index contributed by atoms with van der Waals surface area (Å²) in [7, 11) is 0. The average Bonchev–Trinajstić information content (AvgIpc) is 3.44. The Bertz CT molecular complexity index is 1680. The Morgan fingerprint density at radius 1 is 0.761 bits per heavy atom. The van der Waals surface area contributed by atoms with Crippen molar-refractivity contribution in [1.29, 1.82) is 0 Å². The largest absolute Gasteiger partial charge is 0.486 e. The summed E-state index contributed by atoms with van der Waals surface area (Å²) in [5, 5.41) is 18.1. The van der Waals surface area contributed by atoms with E-state index >= 15 is 0 Å². The van der Waals surface area contributed by atoms with Crippen LogP contribution in [0.1, 0.15) is 35.8 Å². The van der Waals surface area contributed by atoms with Crippen LogP contribution in [-0.2, 0) is 22.7 Å². The second-order valence-electron chi connectivity index (χ2n) is 11.0. The van der Waals surface area contributed by atoms with Gasteiger partial charge in [0.1, 0.15) is 18.2 Å². The van der Waals surface area contributed by atoms with Crippen molar-refractivity contribution in [2.75, 3.05) is 13.1 Å². The zero-order chi connectivity index (χ0) is 32.3. The molecular weight excluding hydrogens is 584 g/mol. The Kier molecular flexibility index (Phi) is 10.6. The predicted octanol–water partition coefficient (Wildman–Crippen LogP) is 5.98. The molecule has 0 radical (unpaired) electrons. The maximum atomic E-state index is 13.4. The quantitative estimate of drug-likeness (QED) is 0.182. The fraction of sp³-hybridized carbons (Fsp3) is 0.222. The van der Waals surface area contributed by atoms with Crippen molar-refractivity contribution in [1.82, 2.24) is 19.8 Å². The standard InChI is InChI=1S/C34H34N4O2.C2H2O4/c39-34(36-33(27-12-4-1-5-13-27)28-14-6-2-7-15-28)37-22-20-26(21-23-37)24-38-31-19-11-10-18-30(31)35-32(38)25-40-29-16-8-3-9-17-29;3-1(4)2(5)6/h1-19,26,33H,20-25H2,(H,36,39);(H,3,4)(H,5,6). The summed E-state index contributed by atoms with van der Waals surface area (Å²) in [5.41, 5.74) is 4.27. The van der Waals surface area contributed by atoms with E-state index in [1.807, 2.05) is 77.7 Å². The second kappa shape index (κ2) is 15.4. The molecule has 0 aliphatic carbocycles. The molecule has 46 heavy (non-hydrogen) atoms. The van der Waals surface area contributed by atoms with Crippen LogP contribution in [0.5, 0.6) is 5.75 Å². The highest BCUT2D eigenvalue weighted by molar-refractivity contribution is 6.27. The highest BCUT2D eigenvalue weighted by Crippen LogP contribution is 2.26. The summed E-state index contributed by atoms with van der Waals surface area (Å²) in [6.45, 7) is 2.74. The van der Waals surface area contributed by atoms with Crippen molar-refractivity contribution in [3.05, 3.63) is 132 Å². The second-order valence-corrected chi connectivity index (χ2v) is 11.0. The first-order valence-electron chi connectivity index (χ1n) is 15.1. The number of nitrogens with zero attached hydrogens (tertiary/aromatic N) is 3. The van der Waals surface area contributed by atoms with Gasteiger partial charge in [-0.25, -0.2) is 19.4 Å². The number of urea groups is 1. The van der Waals surface area contributed by atoms with Crippen LogP contribution in [0.25, 0.3) is 11.0 Å². The predicted molar refractivity (Wildman–Crippen MR) is 173 cm³/mol. The van der Waals surface area contributed by atoms with Crippen LogP contribution < -0.4 is 10.1 Å². The number of hydrogen-bond donors (Lipinski definition) is 3. The number of nitrogens with one attached hydrogen (secondary N) is 1. The number of para-hydroxylation sites is 3. The van der Waals surface area contributed by atoms with E-state index in [9.17, 15) is 4.79 Å². The first-order chi connectivity index (χ1) is 22.4. The lowest BCUT2D eigenvalue weighted by atomic mass is 9.96. The minimum absolute atomic E-state index is 0.0128. The number of carbonyl (C=O) groups excluding carboxylic acids is 1. The number of piperidine rings is 1. The number of amides is 2. The SMILES string of the molecule is O=C(NC(c1ccccc1)c1ccccc1)N1CCC(Cn2c(COc3ccccc3)nc3ccccc32)CC1.O=C(O)C(=O)O. The lowest BCUT2D eigenvalue weighted by molar-refractivity contribution is -0.159. The zero-order valence-electron chi connectivity index (χ0n) is 25.2. The summed E-state index contributed by atoms with van der Waals surface area (Å²) >= 11 is 0. The average molecular weight is 621 g/mol. The molecule has 1 aromatic heterocycles. The molecule has 0 bridgehead atoms. The van der Waals surface area contributed by atoms with Crippen molar-refractivity contribution >= 4 is 29.0 Å². The van der Waals surface area contributed by atoms with Crippen LogP contribution >= 0.6 is 0 Å². The molecule has 0 unspecified atom stereocenters. The van der Waals surface area contributed by atoms with Crippen LogP contribution in [0, 0.1) is 5.92 Å². The van der Waals surface area contributed by atoms with E-state index in [-0.39, 0.29) is 12.1 Å². The number of rotatable bonds is 8. The number of aromatic nitrogens is 2. The van der Waals surface area contributed by atoms with E-state index in [1.165, 1.54) is 0 Å². The van der Waals surface area contributed by atoms with Crippen molar-refractivity contribution < 1.29 is 29.3 Å². The van der Waals surface area contributed by atoms with Gasteiger partial charge in [-0.1, -0.05) is 91.0 Å². The Labute approximate surface area is 266 Å². The zero-order valence-corrected chi connectivity index (χ0v) is 25.2. The molecule has 1 aliphatic rings. The Morgan fingerprint density at radius 2 is 1.28 bits per heavy atom. The van der Waals surface area contributed by atoms with E-state index in [2.05, 4.69) is 52.3 Å². The molecule has 10 heteroatoms. The van der Waals surface area contributed by atoms with Gasteiger partial charge in [0.05, 0.1) is 17.1 Å². The first kappa shape index (κ1) is 31.8. The van der Waals surface area contributed by atoms with Crippen LogP contribution in [0.3, 0.4) is 0 Å². The molecule has 0 spiro atoms. The minimum atomic E-state index is -1.82. The fourth-order valence-electron chi connectivity index (χ4n) is 5.55. The number of imidazole rings is 1. The highest BCUT2D eigenvalue weighted by Gasteiger charge is 2.27. The molecule has 2 heterocycles. The van der Waals surface area contributed by atoms with E-state index in [0.717, 1.165) is 66.2 Å². The first-order valence-corrected chi connectivity index (χ1v) is 15.1. The number of carbonyl (C=O) groups is 3.